The number of rotatable bonds is 5. The molecule has 1 aromatic rings. The molecule has 5 nitrogen and oxygen atoms in total. The molecule has 0 fully saturated rings. The van der Waals surface area contributed by atoms with Gasteiger partial charge in [0.1, 0.15) is 12.4 Å². The lowest BCUT2D eigenvalue weighted by Crippen LogP contribution is -2.14. The molecule has 1 heterocycles. The first-order chi connectivity index (χ1) is 7.11. The zero-order valence-corrected chi connectivity index (χ0v) is 8.99. The number of aliphatic hydroxyl groups excluding tert-OH is 1. The van der Waals surface area contributed by atoms with Crippen molar-refractivity contribution >= 4 is 0 Å². The van der Waals surface area contributed by atoms with Crippen LogP contribution in [0, 0.1) is 5.92 Å². The van der Waals surface area contributed by atoms with Gasteiger partial charge in [-0.2, -0.15) is 0 Å². The Kier molecular flexibility index (Phi) is 4.45. The van der Waals surface area contributed by atoms with Gasteiger partial charge in [0.25, 0.3) is 5.56 Å². The molecule has 0 amide bonds. The Morgan fingerprint density at radius 2 is 2.33 bits per heavy atom. The highest BCUT2D eigenvalue weighted by molar-refractivity contribution is 5.00. The van der Waals surface area contributed by atoms with E-state index < -0.39 is 0 Å². The molecule has 15 heavy (non-hydrogen) atoms. The minimum Gasteiger partial charge on any atom is -0.388 e. The van der Waals surface area contributed by atoms with E-state index in [9.17, 15) is 4.79 Å². The maximum atomic E-state index is 11.1. The summed E-state index contributed by atoms with van der Waals surface area (Å²) in [5, 5.41) is 8.83. The molecule has 0 bridgehead atoms. The van der Waals surface area contributed by atoms with Crippen LogP contribution in [0.4, 0.5) is 0 Å². The highest BCUT2D eigenvalue weighted by atomic mass is 16.5. The lowest BCUT2D eigenvalue weighted by Gasteiger charge is -2.06. The molecule has 0 aliphatic carbocycles. The average Bonchev–Trinajstić information content (AvgIpc) is 2.16. The highest BCUT2D eigenvalue weighted by Gasteiger charge is 2.01. The van der Waals surface area contributed by atoms with Crippen LogP contribution in [0.3, 0.4) is 0 Å². The summed E-state index contributed by atoms with van der Waals surface area (Å²) in [5.74, 6) is 0.718. The number of hydrogen-bond acceptors (Lipinski definition) is 4. The average molecular weight is 212 g/mol. The van der Waals surface area contributed by atoms with Crippen LogP contribution < -0.4 is 5.56 Å². The van der Waals surface area contributed by atoms with Gasteiger partial charge in [-0.1, -0.05) is 13.8 Å². The number of H-pyrrole nitrogens is 1. The van der Waals surface area contributed by atoms with E-state index in [0.29, 0.717) is 24.8 Å². The summed E-state index contributed by atoms with van der Waals surface area (Å²) in [6, 6.07) is 1.37. The number of aromatic nitrogens is 2. The summed E-state index contributed by atoms with van der Waals surface area (Å²) in [4.78, 5) is 17.5. The summed E-state index contributed by atoms with van der Waals surface area (Å²) in [6.45, 7) is 4.75. The lowest BCUT2D eigenvalue weighted by molar-refractivity contribution is 0.0943. The SMILES string of the molecule is CC(C)COCc1cc(=O)[nH]c(CO)n1. The van der Waals surface area contributed by atoms with Crippen molar-refractivity contribution in [2.45, 2.75) is 27.1 Å². The molecule has 1 rings (SSSR count). The van der Waals surface area contributed by atoms with E-state index in [4.69, 9.17) is 9.84 Å². The molecule has 5 heteroatoms. The summed E-state index contributed by atoms with van der Waals surface area (Å²) in [5.41, 5.74) is 0.278. The van der Waals surface area contributed by atoms with E-state index in [2.05, 4.69) is 9.97 Å². The van der Waals surface area contributed by atoms with Crippen LogP contribution in [0.25, 0.3) is 0 Å². The van der Waals surface area contributed by atoms with Gasteiger partial charge < -0.3 is 14.8 Å². The van der Waals surface area contributed by atoms with Crippen molar-refractivity contribution in [3.63, 3.8) is 0 Å². The Labute approximate surface area is 88.1 Å². The van der Waals surface area contributed by atoms with Crippen molar-refractivity contribution in [1.29, 1.82) is 0 Å². The number of hydrogen-bond donors (Lipinski definition) is 2. The summed E-state index contributed by atoms with van der Waals surface area (Å²) >= 11 is 0. The smallest absolute Gasteiger partial charge is 0.251 e. The van der Waals surface area contributed by atoms with E-state index >= 15 is 0 Å². The fourth-order valence-electron chi connectivity index (χ4n) is 1.11. The molecule has 0 unspecified atom stereocenters. The quantitative estimate of drug-likeness (QED) is 0.742. The van der Waals surface area contributed by atoms with Gasteiger partial charge in [0, 0.05) is 12.7 Å². The van der Waals surface area contributed by atoms with Crippen LogP contribution >= 0.6 is 0 Å². The van der Waals surface area contributed by atoms with Gasteiger partial charge in [-0.3, -0.25) is 4.79 Å². The molecule has 0 aliphatic rings. The zero-order chi connectivity index (χ0) is 11.3. The van der Waals surface area contributed by atoms with Crippen LogP contribution in [0.1, 0.15) is 25.4 Å². The minimum absolute atomic E-state index is 0.266. The topological polar surface area (TPSA) is 75.2 Å². The number of ether oxygens (including phenoxy) is 1. The van der Waals surface area contributed by atoms with Gasteiger partial charge in [-0.15, -0.1) is 0 Å². The van der Waals surface area contributed by atoms with Crippen molar-refractivity contribution in [3.8, 4) is 0 Å². The maximum absolute atomic E-state index is 11.1. The molecule has 0 radical (unpaired) electrons. The van der Waals surface area contributed by atoms with E-state index in [1.54, 1.807) is 0 Å². The monoisotopic (exact) mass is 212 g/mol. The van der Waals surface area contributed by atoms with Crippen molar-refractivity contribution < 1.29 is 9.84 Å². The molecule has 0 atom stereocenters. The molecule has 0 saturated heterocycles. The van der Waals surface area contributed by atoms with E-state index in [0.717, 1.165) is 0 Å². The number of nitrogens with one attached hydrogen (secondary N) is 1. The molecule has 84 valence electrons. The van der Waals surface area contributed by atoms with Gasteiger partial charge in [0.2, 0.25) is 0 Å². The Morgan fingerprint density at radius 3 is 2.93 bits per heavy atom. The van der Waals surface area contributed by atoms with Crippen LogP contribution in [0.15, 0.2) is 10.9 Å². The van der Waals surface area contributed by atoms with E-state index in [1.165, 1.54) is 6.07 Å². The second kappa shape index (κ2) is 5.63. The van der Waals surface area contributed by atoms with Gasteiger partial charge in [0.05, 0.1) is 12.3 Å². The first kappa shape index (κ1) is 11.9. The van der Waals surface area contributed by atoms with Crippen molar-refractivity contribution in [2.75, 3.05) is 6.61 Å². The molecule has 2 N–H and O–H groups in total. The van der Waals surface area contributed by atoms with Gasteiger partial charge in [0.15, 0.2) is 0 Å². The molecule has 0 aromatic carbocycles. The Balaban J connectivity index is 2.60. The summed E-state index contributed by atoms with van der Waals surface area (Å²) < 4.78 is 5.34. The predicted octanol–water partition coefficient (Wildman–Crippen LogP) is 0.435. The lowest BCUT2D eigenvalue weighted by atomic mass is 10.2. The molecule has 0 saturated carbocycles. The van der Waals surface area contributed by atoms with Crippen LogP contribution in [-0.2, 0) is 18.0 Å². The first-order valence-corrected chi connectivity index (χ1v) is 4.89. The fraction of sp³-hybridized carbons (Fsp3) is 0.600. The Morgan fingerprint density at radius 1 is 1.60 bits per heavy atom. The number of aliphatic hydroxyl groups is 1. The van der Waals surface area contributed by atoms with Gasteiger partial charge in [-0.05, 0) is 5.92 Å². The standard InChI is InChI=1S/C10H16N2O3/c1-7(2)5-15-6-8-3-10(14)12-9(4-13)11-8/h3,7,13H,4-6H2,1-2H3,(H,11,12,14). The predicted molar refractivity (Wildman–Crippen MR) is 55.3 cm³/mol. The number of aromatic amines is 1. The normalized spacial score (nSPS) is 10.9. The summed E-state index contributed by atoms with van der Waals surface area (Å²) in [7, 11) is 0. The minimum atomic E-state index is -0.271. The Hall–Kier alpha value is -1.20. The maximum Gasteiger partial charge on any atom is 0.251 e. The second-order valence-electron chi connectivity index (χ2n) is 3.75. The van der Waals surface area contributed by atoms with E-state index in [1.807, 2.05) is 13.8 Å². The van der Waals surface area contributed by atoms with Gasteiger partial charge >= 0.3 is 0 Å². The highest BCUT2D eigenvalue weighted by Crippen LogP contribution is 1.98. The largest absolute Gasteiger partial charge is 0.388 e. The first-order valence-electron chi connectivity index (χ1n) is 4.89. The fourth-order valence-corrected chi connectivity index (χ4v) is 1.11. The molecular formula is C10H16N2O3. The second-order valence-corrected chi connectivity index (χ2v) is 3.75. The number of nitrogens with zero attached hydrogens (tertiary/aromatic N) is 1. The van der Waals surface area contributed by atoms with Gasteiger partial charge in [-0.25, -0.2) is 4.98 Å². The van der Waals surface area contributed by atoms with Crippen molar-refractivity contribution in [2.24, 2.45) is 5.92 Å². The zero-order valence-electron chi connectivity index (χ0n) is 8.99. The van der Waals surface area contributed by atoms with Crippen LogP contribution in [0.5, 0.6) is 0 Å². The molecular weight excluding hydrogens is 196 g/mol. The molecule has 0 aliphatic heterocycles. The van der Waals surface area contributed by atoms with Crippen molar-refractivity contribution in [3.05, 3.63) is 27.9 Å². The van der Waals surface area contributed by atoms with Crippen LogP contribution in [0.2, 0.25) is 0 Å². The van der Waals surface area contributed by atoms with Crippen molar-refractivity contribution in [1.82, 2.24) is 9.97 Å². The van der Waals surface area contributed by atoms with Crippen LogP contribution in [-0.4, -0.2) is 21.7 Å². The third-order valence-electron chi connectivity index (χ3n) is 1.69. The third-order valence-corrected chi connectivity index (χ3v) is 1.69. The molecule has 0 spiro atoms. The Bertz CT molecular complexity index is 360. The molecule has 1 aromatic heterocycles. The summed E-state index contributed by atoms with van der Waals surface area (Å²) in [6.07, 6.45) is 0. The third kappa shape index (κ3) is 4.22. The van der Waals surface area contributed by atoms with E-state index in [-0.39, 0.29) is 18.0 Å².